The van der Waals surface area contributed by atoms with Crippen molar-refractivity contribution in [2.75, 3.05) is 13.2 Å². The third-order valence-electron chi connectivity index (χ3n) is 3.51. The van der Waals surface area contributed by atoms with E-state index >= 15 is 0 Å². The monoisotopic (exact) mass is 249 g/mol. The second kappa shape index (κ2) is 4.33. The van der Waals surface area contributed by atoms with Crippen molar-refractivity contribution in [1.29, 1.82) is 0 Å². The number of hydrogen-bond donors (Lipinski definition) is 1. The molecule has 0 radical (unpaired) electrons. The molecule has 2 N–H and O–H groups in total. The second-order valence-corrected chi connectivity index (χ2v) is 4.66. The average molecular weight is 249 g/mol. The number of halogens is 1. The fourth-order valence-corrected chi connectivity index (χ4v) is 2.57. The van der Waals surface area contributed by atoms with Gasteiger partial charge in [-0.3, -0.25) is 0 Å². The molecule has 2 unspecified atom stereocenters. The summed E-state index contributed by atoms with van der Waals surface area (Å²) >= 11 is 0. The van der Waals surface area contributed by atoms with E-state index < -0.39 is 0 Å². The molecule has 0 spiro atoms. The minimum atomic E-state index is -0.262. The van der Waals surface area contributed by atoms with Gasteiger partial charge < -0.3 is 15.0 Å². The third-order valence-corrected chi connectivity index (χ3v) is 3.51. The zero-order valence-corrected chi connectivity index (χ0v) is 10.3. The number of nitrogens with zero attached hydrogens (tertiary/aromatic N) is 2. The molecule has 1 aromatic carbocycles. The average Bonchev–Trinajstić information content (AvgIpc) is 2.91. The number of aromatic nitrogens is 2. The van der Waals surface area contributed by atoms with Gasteiger partial charge in [-0.25, -0.2) is 9.37 Å². The van der Waals surface area contributed by atoms with Crippen LogP contribution in [-0.2, 0) is 11.3 Å². The van der Waals surface area contributed by atoms with E-state index in [9.17, 15) is 4.39 Å². The van der Waals surface area contributed by atoms with Crippen LogP contribution < -0.4 is 5.73 Å². The Morgan fingerprint density at radius 2 is 2.33 bits per heavy atom. The van der Waals surface area contributed by atoms with Crippen molar-refractivity contribution in [2.24, 2.45) is 5.73 Å². The fourth-order valence-electron chi connectivity index (χ4n) is 2.57. The SMILES string of the molecule is CCn1c(C2COCC2N)nc2cc(F)ccc21. The molecule has 1 aliphatic heterocycles. The van der Waals surface area contributed by atoms with Gasteiger partial charge >= 0.3 is 0 Å². The molecule has 1 aromatic heterocycles. The van der Waals surface area contributed by atoms with Gasteiger partial charge in [-0.1, -0.05) is 0 Å². The standard InChI is InChI=1S/C13H16FN3O/c1-2-17-12-4-3-8(14)5-11(12)16-13(17)9-6-18-7-10(9)15/h3-5,9-10H,2,6-7,15H2,1H3. The molecular formula is C13H16FN3O. The van der Waals surface area contributed by atoms with Crippen LogP contribution in [-0.4, -0.2) is 28.8 Å². The van der Waals surface area contributed by atoms with Crippen LogP contribution in [0.4, 0.5) is 4.39 Å². The van der Waals surface area contributed by atoms with E-state index in [2.05, 4.69) is 16.5 Å². The smallest absolute Gasteiger partial charge is 0.125 e. The van der Waals surface area contributed by atoms with Gasteiger partial charge in [0, 0.05) is 18.7 Å². The number of hydrogen-bond acceptors (Lipinski definition) is 3. The van der Waals surface area contributed by atoms with Crippen molar-refractivity contribution in [3.8, 4) is 0 Å². The van der Waals surface area contributed by atoms with Crippen LogP contribution in [0.25, 0.3) is 11.0 Å². The molecule has 0 bridgehead atoms. The van der Waals surface area contributed by atoms with Crippen LogP contribution >= 0.6 is 0 Å². The van der Waals surface area contributed by atoms with Crippen LogP contribution in [0.1, 0.15) is 18.7 Å². The first-order chi connectivity index (χ1) is 8.70. The number of nitrogens with two attached hydrogens (primary N) is 1. The fraction of sp³-hybridized carbons (Fsp3) is 0.462. The van der Waals surface area contributed by atoms with Gasteiger partial charge in [0.2, 0.25) is 0 Å². The summed E-state index contributed by atoms with van der Waals surface area (Å²) in [5.74, 6) is 0.741. The first-order valence-electron chi connectivity index (χ1n) is 6.19. The summed E-state index contributed by atoms with van der Waals surface area (Å²) in [5.41, 5.74) is 7.67. The molecule has 0 amide bonds. The number of rotatable bonds is 2. The zero-order chi connectivity index (χ0) is 12.7. The summed E-state index contributed by atoms with van der Waals surface area (Å²) in [6.45, 7) is 3.99. The zero-order valence-electron chi connectivity index (χ0n) is 10.3. The topological polar surface area (TPSA) is 53.1 Å². The van der Waals surface area contributed by atoms with Crippen molar-refractivity contribution in [3.05, 3.63) is 29.8 Å². The molecule has 4 nitrogen and oxygen atoms in total. The quantitative estimate of drug-likeness (QED) is 0.880. The van der Waals surface area contributed by atoms with Gasteiger partial charge in [-0.05, 0) is 19.1 Å². The minimum Gasteiger partial charge on any atom is -0.379 e. The molecule has 1 aliphatic rings. The maximum absolute atomic E-state index is 13.2. The summed E-state index contributed by atoms with van der Waals surface area (Å²) < 4.78 is 20.7. The van der Waals surface area contributed by atoms with E-state index in [1.54, 1.807) is 6.07 Å². The van der Waals surface area contributed by atoms with Gasteiger partial charge in [0.1, 0.15) is 11.6 Å². The number of aryl methyl sites for hydroxylation is 1. The lowest BCUT2D eigenvalue weighted by atomic mass is 10.0. The summed E-state index contributed by atoms with van der Waals surface area (Å²) in [4.78, 5) is 4.54. The van der Waals surface area contributed by atoms with Crippen LogP contribution in [0.15, 0.2) is 18.2 Å². The predicted molar refractivity (Wildman–Crippen MR) is 66.9 cm³/mol. The Morgan fingerprint density at radius 3 is 3.00 bits per heavy atom. The summed E-state index contributed by atoms with van der Waals surface area (Å²) in [6.07, 6.45) is 0. The first-order valence-corrected chi connectivity index (χ1v) is 6.19. The highest BCUT2D eigenvalue weighted by atomic mass is 19.1. The van der Waals surface area contributed by atoms with Crippen molar-refractivity contribution >= 4 is 11.0 Å². The molecule has 0 saturated carbocycles. The van der Waals surface area contributed by atoms with Crippen LogP contribution in [0.2, 0.25) is 0 Å². The molecule has 1 fully saturated rings. The van der Waals surface area contributed by atoms with E-state index in [1.807, 2.05) is 0 Å². The Kier molecular flexibility index (Phi) is 2.80. The van der Waals surface area contributed by atoms with Crippen molar-refractivity contribution < 1.29 is 9.13 Å². The Balaban J connectivity index is 2.16. The molecular weight excluding hydrogens is 233 g/mol. The second-order valence-electron chi connectivity index (χ2n) is 4.66. The van der Waals surface area contributed by atoms with Crippen molar-refractivity contribution in [1.82, 2.24) is 9.55 Å². The Morgan fingerprint density at radius 1 is 1.50 bits per heavy atom. The highest BCUT2D eigenvalue weighted by Gasteiger charge is 2.30. The molecule has 18 heavy (non-hydrogen) atoms. The van der Waals surface area contributed by atoms with E-state index in [0.717, 1.165) is 17.9 Å². The molecule has 5 heteroatoms. The van der Waals surface area contributed by atoms with E-state index in [-0.39, 0.29) is 17.8 Å². The van der Waals surface area contributed by atoms with Crippen LogP contribution in [0.3, 0.4) is 0 Å². The number of ether oxygens (including phenoxy) is 1. The van der Waals surface area contributed by atoms with Gasteiger partial charge in [-0.15, -0.1) is 0 Å². The lowest BCUT2D eigenvalue weighted by Crippen LogP contribution is -2.28. The normalized spacial score (nSPS) is 23.9. The van der Waals surface area contributed by atoms with Gasteiger partial charge in [0.15, 0.2) is 0 Å². The Labute approximate surface area is 105 Å². The molecule has 3 rings (SSSR count). The summed E-state index contributed by atoms with van der Waals surface area (Å²) in [5, 5.41) is 0. The summed E-state index contributed by atoms with van der Waals surface area (Å²) in [6, 6.07) is 4.67. The van der Waals surface area contributed by atoms with E-state index in [4.69, 9.17) is 10.5 Å². The van der Waals surface area contributed by atoms with Gasteiger partial charge in [0.25, 0.3) is 0 Å². The van der Waals surface area contributed by atoms with Crippen molar-refractivity contribution in [3.63, 3.8) is 0 Å². The predicted octanol–water partition coefficient (Wildman–Crippen LogP) is 1.64. The third kappa shape index (κ3) is 1.71. The van der Waals surface area contributed by atoms with E-state index in [0.29, 0.717) is 18.7 Å². The molecule has 2 aromatic rings. The molecule has 2 heterocycles. The van der Waals surface area contributed by atoms with Gasteiger partial charge in [-0.2, -0.15) is 0 Å². The lowest BCUT2D eigenvalue weighted by Gasteiger charge is -2.14. The number of fused-ring (bicyclic) bond motifs is 1. The lowest BCUT2D eigenvalue weighted by molar-refractivity contribution is 0.190. The Hall–Kier alpha value is -1.46. The number of imidazole rings is 1. The van der Waals surface area contributed by atoms with Crippen molar-refractivity contribution in [2.45, 2.75) is 25.4 Å². The highest BCUT2D eigenvalue weighted by molar-refractivity contribution is 5.76. The molecule has 0 aliphatic carbocycles. The largest absolute Gasteiger partial charge is 0.379 e. The maximum atomic E-state index is 13.2. The maximum Gasteiger partial charge on any atom is 0.125 e. The minimum absolute atomic E-state index is 0.0306. The summed E-state index contributed by atoms with van der Waals surface area (Å²) in [7, 11) is 0. The van der Waals surface area contributed by atoms with Crippen LogP contribution in [0, 0.1) is 5.82 Å². The molecule has 2 atom stereocenters. The highest BCUT2D eigenvalue weighted by Crippen LogP contribution is 2.27. The molecule has 96 valence electrons. The number of benzene rings is 1. The van der Waals surface area contributed by atoms with Gasteiger partial charge in [0.05, 0.1) is 30.2 Å². The van der Waals surface area contributed by atoms with E-state index in [1.165, 1.54) is 12.1 Å². The molecule has 1 saturated heterocycles. The van der Waals surface area contributed by atoms with Crippen LogP contribution in [0.5, 0.6) is 0 Å². The first kappa shape index (κ1) is 11.6. The Bertz CT molecular complexity index is 581.